The molecule has 0 aliphatic rings. The van der Waals surface area contributed by atoms with Gasteiger partial charge >= 0.3 is 5.69 Å². The van der Waals surface area contributed by atoms with Gasteiger partial charge in [-0.3, -0.25) is 19.7 Å². The van der Waals surface area contributed by atoms with Gasteiger partial charge in [-0.25, -0.2) is 4.98 Å². The first-order valence-electron chi connectivity index (χ1n) is 12.0. The molecular formula is C29H20ClN5O5. The van der Waals surface area contributed by atoms with Gasteiger partial charge in [-0.05, 0) is 30.3 Å². The molecule has 1 N–H and O–H groups in total. The molecule has 0 aliphatic carbocycles. The quantitative estimate of drug-likeness (QED) is 0.153. The number of anilines is 1. The van der Waals surface area contributed by atoms with Crippen LogP contribution in [0.25, 0.3) is 22.3 Å². The lowest BCUT2D eigenvalue weighted by Crippen LogP contribution is -2.21. The Bertz CT molecular complexity index is 1810. The number of nitro groups is 1. The number of nitro benzene ring substituents is 1. The maximum atomic E-state index is 13.5. The molecule has 0 spiro atoms. The van der Waals surface area contributed by atoms with Gasteiger partial charge in [0.15, 0.2) is 12.4 Å². The number of fused-ring (bicyclic) bond motifs is 1. The molecule has 0 atom stereocenters. The van der Waals surface area contributed by atoms with E-state index in [0.29, 0.717) is 22.2 Å². The highest BCUT2D eigenvalue weighted by Gasteiger charge is 2.22. The zero-order valence-corrected chi connectivity index (χ0v) is 21.5. The molecule has 5 aromatic rings. The number of carbonyl (C=O) groups excluding carboxylic acids is 1. The topological polar surface area (TPSA) is 129 Å². The lowest BCUT2D eigenvalue weighted by atomic mass is 10.2. The van der Waals surface area contributed by atoms with Gasteiger partial charge in [0, 0.05) is 27.9 Å². The Morgan fingerprint density at radius 1 is 1.02 bits per heavy atom. The van der Waals surface area contributed by atoms with Crippen LogP contribution in [-0.4, -0.2) is 33.3 Å². The Hall–Kier alpha value is -5.35. The summed E-state index contributed by atoms with van der Waals surface area (Å²) in [5.41, 5.74) is 0.847. The predicted octanol–water partition coefficient (Wildman–Crippen LogP) is 5.52. The molecule has 0 fully saturated rings. The highest BCUT2D eigenvalue weighted by molar-refractivity contribution is 6.31. The third-order valence-corrected chi connectivity index (χ3v) is 5.98. The number of amides is 1. The van der Waals surface area contributed by atoms with Gasteiger partial charge in [-0.2, -0.15) is 9.78 Å². The van der Waals surface area contributed by atoms with Crippen molar-refractivity contribution in [1.29, 1.82) is 0 Å². The second-order valence-electron chi connectivity index (χ2n) is 8.48. The van der Waals surface area contributed by atoms with Crippen molar-refractivity contribution in [2.45, 2.75) is 0 Å². The van der Waals surface area contributed by atoms with Crippen molar-refractivity contribution in [3.8, 4) is 17.1 Å². The van der Waals surface area contributed by atoms with Crippen LogP contribution in [-0.2, 0) is 4.79 Å². The van der Waals surface area contributed by atoms with E-state index in [4.69, 9.17) is 16.3 Å². The normalized spacial score (nSPS) is 11.0. The summed E-state index contributed by atoms with van der Waals surface area (Å²) in [5, 5.41) is 19.2. The maximum Gasteiger partial charge on any atom is 0.313 e. The Morgan fingerprint density at radius 2 is 1.70 bits per heavy atom. The fourth-order valence-electron chi connectivity index (χ4n) is 3.97. The molecule has 1 heterocycles. The minimum Gasteiger partial charge on any atom is -0.476 e. The summed E-state index contributed by atoms with van der Waals surface area (Å²) in [5.74, 6) is -0.495. The summed E-state index contributed by atoms with van der Waals surface area (Å²) in [4.78, 5) is 41.7. The average molecular weight is 554 g/mol. The number of hydrogen-bond donors (Lipinski definition) is 1. The van der Waals surface area contributed by atoms with E-state index in [-0.39, 0.29) is 22.2 Å². The third-order valence-electron chi connectivity index (χ3n) is 5.76. The summed E-state index contributed by atoms with van der Waals surface area (Å²) in [7, 11) is 0. The predicted molar refractivity (Wildman–Crippen MR) is 153 cm³/mol. The van der Waals surface area contributed by atoms with Crippen LogP contribution in [0, 0.1) is 10.1 Å². The van der Waals surface area contributed by atoms with E-state index in [1.807, 2.05) is 6.07 Å². The number of para-hydroxylation sites is 2. The van der Waals surface area contributed by atoms with E-state index < -0.39 is 28.7 Å². The summed E-state index contributed by atoms with van der Waals surface area (Å²) >= 11 is 6.17. The molecule has 40 heavy (non-hydrogen) atoms. The molecule has 10 nitrogen and oxygen atoms in total. The molecule has 0 radical (unpaired) electrons. The van der Waals surface area contributed by atoms with E-state index in [1.54, 1.807) is 78.9 Å². The van der Waals surface area contributed by atoms with Crippen LogP contribution in [0.3, 0.4) is 0 Å². The number of carbonyl (C=O) groups is 1. The number of nitrogens with one attached hydrogen (secondary N) is 1. The Morgan fingerprint density at radius 3 is 2.42 bits per heavy atom. The van der Waals surface area contributed by atoms with Gasteiger partial charge < -0.3 is 10.1 Å². The number of nitrogens with zero attached hydrogens (tertiary/aromatic N) is 4. The van der Waals surface area contributed by atoms with Crippen LogP contribution in [0.2, 0.25) is 5.02 Å². The monoisotopic (exact) mass is 553 g/mol. The van der Waals surface area contributed by atoms with Crippen molar-refractivity contribution in [1.82, 2.24) is 9.66 Å². The molecule has 198 valence electrons. The number of ether oxygens (including phenoxy) is 1. The molecule has 5 rings (SSSR count). The first-order chi connectivity index (χ1) is 19.4. The maximum absolute atomic E-state index is 13.5. The second-order valence-corrected chi connectivity index (χ2v) is 8.92. The third kappa shape index (κ3) is 5.71. The number of halogens is 1. The van der Waals surface area contributed by atoms with Gasteiger partial charge in [-0.1, -0.05) is 72.3 Å². The van der Waals surface area contributed by atoms with E-state index in [9.17, 15) is 19.7 Å². The number of hydrogen-bond acceptors (Lipinski definition) is 7. The molecule has 0 saturated heterocycles. The number of rotatable bonds is 8. The Kier molecular flexibility index (Phi) is 7.61. The average Bonchev–Trinajstić information content (AvgIpc) is 2.96. The van der Waals surface area contributed by atoms with Crippen molar-refractivity contribution in [3.63, 3.8) is 0 Å². The van der Waals surface area contributed by atoms with Gasteiger partial charge in [0.05, 0.1) is 22.0 Å². The van der Waals surface area contributed by atoms with E-state index >= 15 is 0 Å². The molecule has 1 amide bonds. The smallest absolute Gasteiger partial charge is 0.313 e. The van der Waals surface area contributed by atoms with Gasteiger partial charge in [0.25, 0.3) is 11.5 Å². The highest BCUT2D eigenvalue weighted by Crippen LogP contribution is 2.34. The lowest BCUT2D eigenvalue weighted by molar-refractivity contribution is -0.385. The molecule has 0 bridgehead atoms. The molecule has 11 heteroatoms. The van der Waals surface area contributed by atoms with Crippen LogP contribution >= 0.6 is 11.6 Å². The van der Waals surface area contributed by atoms with Crippen LogP contribution in [0.5, 0.6) is 5.75 Å². The SMILES string of the molecule is O=C(COc1c(C=Nn2c(-c3ccccc3)nc3ccccc3c2=O)cc(Cl)cc1[N+](=O)[O-])Nc1ccccc1. The fourth-order valence-corrected chi connectivity index (χ4v) is 4.19. The van der Waals surface area contributed by atoms with Crippen LogP contribution in [0.15, 0.2) is 107 Å². The summed E-state index contributed by atoms with van der Waals surface area (Å²) < 4.78 is 6.72. The van der Waals surface area contributed by atoms with Crippen LogP contribution in [0.4, 0.5) is 11.4 Å². The van der Waals surface area contributed by atoms with Crippen molar-refractivity contribution in [3.05, 3.63) is 128 Å². The summed E-state index contributed by atoms with van der Waals surface area (Å²) in [6, 6.07) is 27.1. The van der Waals surface area contributed by atoms with Crippen molar-refractivity contribution in [2.75, 3.05) is 11.9 Å². The second kappa shape index (κ2) is 11.6. The zero-order valence-electron chi connectivity index (χ0n) is 20.7. The van der Waals surface area contributed by atoms with Gasteiger partial charge in [0.1, 0.15) is 0 Å². The van der Waals surface area contributed by atoms with Crippen LogP contribution in [0.1, 0.15) is 5.56 Å². The first-order valence-corrected chi connectivity index (χ1v) is 12.4. The minimum atomic E-state index is -0.674. The van der Waals surface area contributed by atoms with E-state index in [0.717, 1.165) is 10.7 Å². The standard InChI is InChI=1S/C29H20ClN5O5/c30-21-15-20(27(25(16-21)35(38)39)40-18-26(36)32-22-11-5-2-6-12-22)17-31-34-28(19-9-3-1-4-10-19)33-24-14-8-7-13-23(24)29(34)37/h1-17H,18H2,(H,32,36). The Balaban J connectivity index is 1.56. The largest absolute Gasteiger partial charge is 0.476 e. The molecule has 0 unspecified atom stereocenters. The van der Waals surface area contributed by atoms with Crippen LogP contribution < -0.4 is 15.6 Å². The van der Waals surface area contributed by atoms with Crippen molar-refractivity contribution < 1.29 is 14.5 Å². The molecule has 4 aromatic carbocycles. The van der Waals surface area contributed by atoms with E-state index in [1.165, 1.54) is 12.3 Å². The van der Waals surface area contributed by atoms with Crippen molar-refractivity contribution in [2.24, 2.45) is 5.10 Å². The Labute approximate surface area is 232 Å². The van der Waals surface area contributed by atoms with Gasteiger partial charge in [-0.15, -0.1) is 0 Å². The summed E-state index contributed by atoms with van der Waals surface area (Å²) in [6.07, 6.45) is 1.22. The van der Waals surface area contributed by atoms with Gasteiger partial charge in [0.2, 0.25) is 5.75 Å². The number of aromatic nitrogens is 2. The molecule has 0 saturated carbocycles. The minimum absolute atomic E-state index is 0.0431. The zero-order chi connectivity index (χ0) is 28.1. The molecule has 1 aromatic heterocycles. The highest BCUT2D eigenvalue weighted by atomic mass is 35.5. The molecular weight excluding hydrogens is 534 g/mol. The van der Waals surface area contributed by atoms with E-state index in [2.05, 4.69) is 15.4 Å². The fraction of sp³-hybridized carbons (Fsp3) is 0.0345. The molecule has 0 aliphatic heterocycles. The first kappa shape index (κ1) is 26.3. The lowest BCUT2D eigenvalue weighted by Gasteiger charge is -2.12. The summed E-state index contributed by atoms with van der Waals surface area (Å²) in [6.45, 7) is -0.523. The van der Waals surface area contributed by atoms with Crippen molar-refractivity contribution >= 4 is 46.0 Å². The number of benzene rings is 4.